The normalized spacial score (nSPS) is 11.1. The molecule has 228 valence electrons. The van der Waals surface area contributed by atoms with Crippen LogP contribution in [0.2, 0.25) is 5.02 Å². The van der Waals surface area contributed by atoms with Crippen LogP contribution in [-0.2, 0) is 19.6 Å². The molecule has 11 nitrogen and oxygen atoms in total. The van der Waals surface area contributed by atoms with Crippen molar-refractivity contribution in [3.8, 4) is 17.2 Å². The number of rotatable bonds is 13. The summed E-state index contributed by atoms with van der Waals surface area (Å²) < 4.78 is 44.1. The zero-order valence-electron chi connectivity index (χ0n) is 23.8. The van der Waals surface area contributed by atoms with Gasteiger partial charge in [0.25, 0.3) is 21.8 Å². The van der Waals surface area contributed by atoms with Crippen LogP contribution in [0.5, 0.6) is 17.2 Å². The molecule has 2 amide bonds. The smallest absolute Gasteiger partial charge is 0.264 e. The number of hydrogen-bond acceptors (Lipinski definition) is 8. The Hall–Kier alpha value is -5.07. The molecule has 4 rings (SSSR count). The van der Waals surface area contributed by atoms with Crippen molar-refractivity contribution in [1.29, 1.82) is 0 Å². The van der Waals surface area contributed by atoms with E-state index in [9.17, 15) is 18.0 Å². The van der Waals surface area contributed by atoms with E-state index in [2.05, 4.69) is 15.8 Å². The highest BCUT2D eigenvalue weighted by atomic mass is 35.5. The first-order valence-corrected chi connectivity index (χ1v) is 14.9. The monoisotopic (exact) mass is 636 g/mol. The summed E-state index contributed by atoms with van der Waals surface area (Å²) in [7, 11) is -1.24. The summed E-state index contributed by atoms with van der Waals surface area (Å²) in [6.45, 7) is -0.787. The molecule has 4 aromatic carbocycles. The van der Waals surface area contributed by atoms with Crippen molar-refractivity contribution >= 4 is 51.0 Å². The third kappa shape index (κ3) is 8.27. The fraction of sp³-hybridized carbons (Fsp3) is 0.129. The summed E-state index contributed by atoms with van der Waals surface area (Å²) in [5.74, 6) is 0.0875. The summed E-state index contributed by atoms with van der Waals surface area (Å²) in [6, 6.07) is 25.8. The molecule has 0 aliphatic rings. The molecule has 0 aromatic heterocycles. The van der Waals surface area contributed by atoms with Gasteiger partial charge in [-0.1, -0.05) is 41.9 Å². The van der Waals surface area contributed by atoms with E-state index >= 15 is 0 Å². The van der Waals surface area contributed by atoms with Gasteiger partial charge in [-0.05, 0) is 66.2 Å². The summed E-state index contributed by atoms with van der Waals surface area (Å²) in [5, 5.41) is 7.05. The van der Waals surface area contributed by atoms with Gasteiger partial charge in [-0.3, -0.25) is 13.9 Å². The molecular weight excluding hydrogens is 608 g/mol. The van der Waals surface area contributed by atoms with Gasteiger partial charge in [0.2, 0.25) is 0 Å². The molecule has 0 spiro atoms. The average Bonchev–Trinajstić information content (AvgIpc) is 3.04. The van der Waals surface area contributed by atoms with E-state index in [1.54, 1.807) is 72.8 Å². The summed E-state index contributed by atoms with van der Waals surface area (Å²) in [5.41, 5.74) is 3.66. The fourth-order valence-corrected chi connectivity index (χ4v) is 5.52. The number of hydrogen-bond donors (Lipinski definition) is 2. The van der Waals surface area contributed by atoms with Gasteiger partial charge in [0, 0.05) is 6.07 Å². The molecule has 4 aromatic rings. The van der Waals surface area contributed by atoms with Crippen molar-refractivity contribution in [1.82, 2.24) is 5.43 Å². The van der Waals surface area contributed by atoms with Crippen molar-refractivity contribution < 1.29 is 32.2 Å². The second-order valence-corrected chi connectivity index (χ2v) is 11.3. The number of hydrazone groups is 1. The van der Waals surface area contributed by atoms with Crippen molar-refractivity contribution in [2.45, 2.75) is 4.90 Å². The molecule has 0 saturated heterocycles. The molecular formula is C31H29ClN4O7S. The number of carbonyl (C=O) groups excluding carboxylic acids is 2. The molecule has 0 heterocycles. The van der Waals surface area contributed by atoms with Gasteiger partial charge in [-0.2, -0.15) is 5.10 Å². The van der Waals surface area contributed by atoms with Gasteiger partial charge in [0.15, 0.2) is 18.1 Å². The highest BCUT2D eigenvalue weighted by Crippen LogP contribution is 2.33. The number of para-hydroxylation sites is 1. The van der Waals surface area contributed by atoms with Gasteiger partial charge >= 0.3 is 0 Å². The van der Waals surface area contributed by atoms with E-state index in [1.165, 1.54) is 44.7 Å². The van der Waals surface area contributed by atoms with Crippen LogP contribution in [0.15, 0.2) is 107 Å². The molecule has 0 saturated carbocycles. The highest BCUT2D eigenvalue weighted by molar-refractivity contribution is 7.92. The lowest BCUT2D eigenvalue weighted by Gasteiger charge is -2.24. The first-order valence-electron chi connectivity index (χ1n) is 13.1. The number of carbonyl (C=O) groups is 2. The molecule has 2 N–H and O–H groups in total. The first kappa shape index (κ1) is 31.9. The minimum Gasteiger partial charge on any atom is -0.493 e. The summed E-state index contributed by atoms with van der Waals surface area (Å²) in [4.78, 5) is 25.1. The number of anilines is 2. The maximum atomic E-state index is 13.5. The van der Waals surface area contributed by atoms with Gasteiger partial charge in [-0.25, -0.2) is 13.8 Å². The van der Waals surface area contributed by atoms with Crippen LogP contribution >= 0.6 is 11.6 Å². The van der Waals surface area contributed by atoms with E-state index in [0.29, 0.717) is 33.5 Å². The fourth-order valence-electron chi connectivity index (χ4n) is 3.91. The summed E-state index contributed by atoms with van der Waals surface area (Å²) in [6.07, 6.45) is 1.39. The topological polar surface area (TPSA) is 136 Å². The Morgan fingerprint density at radius 2 is 1.55 bits per heavy atom. The number of ether oxygens (including phenoxy) is 3. The Balaban J connectivity index is 1.39. The zero-order valence-corrected chi connectivity index (χ0v) is 25.3. The van der Waals surface area contributed by atoms with Crippen molar-refractivity contribution in [3.63, 3.8) is 0 Å². The SMILES string of the molecule is COc1ccc(N(CC(=O)N/N=C\c2ccc(OCC(=O)Nc3ccccc3Cl)cc2)S(=O)(=O)c2ccccc2)cc1OC. The van der Waals surface area contributed by atoms with Gasteiger partial charge in [0.05, 0.1) is 41.7 Å². The quantitative estimate of drug-likeness (QED) is 0.160. The average molecular weight is 637 g/mol. The van der Waals surface area contributed by atoms with Crippen molar-refractivity contribution in [2.24, 2.45) is 5.10 Å². The molecule has 0 fully saturated rings. The van der Waals surface area contributed by atoms with E-state index in [0.717, 1.165) is 4.31 Å². The zero-order chi connectivity index (χ0) is 31.5. The number of sulfonamides is 1. The molecule has 0 aliphatic carbocycles. The van der Waals surface area contributed by atoms with Crippen LogP contribution in [0.3, 0.4) is 0 Å². The Labute approximate surface area is 260 Å². The maximum Gasteiger partial charge on any atom is 0.264 e. The molecule has 0 atom stereocenters. The van der Waals surface area contributed by atoms with Crippen LogP contribution in [-0.4, -0.2) is 53.8 Å². The minimum absolute atomic E-state index is 0.00902. The standard InChI is InChI=1S/C31H29ClN4O7S/c1-41-28-17-14-23(18-29(28)42-2)36(44(39,40)25-8-4-3-5-9-25)20-30(37)35-33-19-22-12-15-24(16-13-22)43-21-31(38)34-27-11-7-6-10-26(27)32/h3-19H,20-21H2,1-2H3,(H,34,38)(H,35,37)/b33-19-. The second-order valence-electron chi connectivity index (χ2n) is 9.04. The van der Waals surface area contributed by atoms with Crippen LogP contribution in [0, 0.1) is 0 Å². The number of nitrogens with zero attached hydrogens (tertiary/aromatic N) is 2. The predicted molar refractivity (Wildman–Crippen MR) is 168 cm³/mol. The minimum atomic E-state index is -4.13. The highest BCUT2D eigenvalue weighted by Gasteiger charge is 2.28. The number of benzene rings is 4. The Morgan fingerprint density at radius 1 is 0.864 bits per heavy atom. The molecule has 0 aliphatic heterocycles. The van der Waals surface area contributed by atoms with Crippen LogP contribution in [0.1, 0.15) is 5.56 Å². The molecule has 0 bridgehead atoms. The number of halogens is 1. The molecule has 0 unspecified atom stereocenters. The van der Waals surface area contributed by atoms with Crippen molar-refractivity contribution in [2.75, 3.05) is 37.0 Å². The lowest BCUT2D eigenvalue weighted by molar-refractivity contribution is -0.119. The van der Waals surface area contributed by atoms with Gasteiger partial charge in [-0.15, -0.1) is 0 Å². The third-order valence-corrected chi connectivity index (χ3v) is 8.19. The first-order chi connectivity index (χ1) is 21.2. The largest absolute Gasteiger partial charge is 0.493 e. The lowest BCUT2D eigenvalue weighted by Crippen LogP contribution is -2.39. The second kappa shape index (κ2) is 14.9. The third-order valence-electron chi connectivity index (χ3n) is 6.07. The number of amides is 2. The van der Waals surface area contributed by atoms with Crippen molar-refractivity contribution in [3.05, 3.63) is 108 Å². The van der Waals surface area contributed by atoms with E-state index < -0.39 is 22.5 Å². The molecule has 13 heteroatoms. The van der Waals surface area contributed by atoms with E-state index in [-0.39, 0.29) is 23.1 Å². The van der Waals surface area contributed by atoms with Crippen LogP contribution < -0.4 is 29.3 Å². The number of methoxy groups -OCH3 is 2. The van der Waals surface area contributed by atoms with Crippen LogP contribution in [0.4, 0.5) is 11.4 Å². The van der Waals surface area contributed by atoms with Gasteiger partial charge < -0.3 is 19.5 Å². The molecule has 0 radical (unpaired) electrons. The van der Waals surface area contributed by atoms with E-state index in [4.69, 9.17) is 25.8 Å². The van der Waals surface area contributed by atoms with E-state index in [1.807, 2.05) is 0 Å². The Bertz CT molecular complexity index is 1730. The maximum absolute atomic E-state index is 13.5. The summed E-state index contributed by atoms with van der Waals surface area (Å²) >= 11 is 6.05. The lowest BCUT2D eigenvalue weighted by atomic mass is 10.2. The Morgan fingerprint density at radius 3 is 2.23 bits per heavy atom. The van der Waals surface area contributed by atoms with Crippen LogP contribution in [0.25, 0.3) is 0 Å². The Kier molecular flexibility index (Phi) is 10.8. The number of nitrogens with one attached hydrogen (secondary N) is 2. The predicted octanol–water partition coefficient (Wildman–Crippen LogP) is 4.72. The molecule has 44 heavy (non-hydrogen) atoms. The van der Waals surface area contributed by atoms with Gasteiger partial charge in [0.1, 0.15) is 12.3 Å².